The van der Waals surface area contributed by atoms with Gasteiger partial charge in [-0.1, -0.05) is 18.2 Å². The molecule has 0 radical (unpaired) electrons. The van der Waals surface area contributed by atoms with E-state index in [4.69, 9.17) is 4.74 Å². The number of hydrogen-bond donors (Lipinski definition) is 2. The van der Waals surface area contributed by atoms with Crippen molar-refractivity contribution in [2.75, 3.05) is 12.4 Å². The van der Waals surface area contributed by atoms with Gasteiger partial charge in [0, 0.05) is 30.8 Å². The second-order valence-electron chi connectivity index (χ2n) is 4.61. The van der Waals surface area contributed by atoms with E-state index in [0.29, 0.717) is 17.9 Å². The summed E-state index contributed by atoms with van der Waals surface area (Å²) < 4.78 is 5.24. The molecular formula is C16H17N3O3. The van der Waals surface area contributed by atoms with Crippen molar-refractivity contribution < 1.29 is 14.3 Å². The van der Waals surface area contributed by atoms with Gasteiger partial charge in [-0.05, 0) is 18.2 Å². The van der Waals surface area contributed by atoms with Crippen molar-refractivity contribution in [3.05, 3.63) is 53.7 Å². The Balaban J connectivity index is 2.04. The zero-order valence-corrected chi connectivity index (χ0v) is 12.4. The summed E-state index contributed by atoms with van der Waals surface area (Å²) in [6.45, 7) is 1.73. The smallest absolute Gasteiger partial charge is 0.251 e. The lowest BCUT2D eigenvalue weighted by molar-refractivity contribution is -0.114. The van der Waals surface area contributed by atoms with E-state index in [1.807, 2.05) is 24.3 Å². The van der Waals surface area contributed by atoms with Crippen LogP contribution in [0.2, 0.25) is 0 Å². The van der Waals surface area contributed by atoms with Gasteiger partial charge in [0.15, 0.2) is 0 Å². The molecule has 2 rings (SSSR count). The summed E-state index contributed by atoms with van der Waals surface area (Å²) in [5, 5.41) is 5.35. The van der Waals surface area contributed by atoms with Gasteiger partial charge in [0.1, 0.15) is 11.6 Å². The van der Waals surface area contributed by atoms with Crippen LogP contribution in [-0.2, 0) is 11.3 Å². The number of hydrogen-bond acceptors (Lipinski definition) is 4. The molecule has 0 unspecified atom stereocenters. The Morgan fingerprint density at radius 2 is 2.00 bits per heavy atom. The number of methoxy groups -OCH3 is 1. The van der Waals surface area contributed by atoms with Crippen LogP contribution < -0.4 is 15.4 Å². The minimum absolute atomic E-state index is 0.237. The Bertz CT molecular complexity index is 686. The van der Waals surface area contributed by atoms with Crippen LogP contribution in [0.15, 0.2) is 42.6 Å². The van der Waals surface area contributed by atoms with Crippen molar-refractivity contribution >= 4 is 17.6 Å². The molecule has 6 nitrogen and oxygen atoms in total. The van der Waals surface area contributed by atoms with Gasteiger partial charge in [-0.3, -0.25) is 9.59 Å². The van der Waals surface area contributed by atoms with E-state index in [0.717, 1.165) is 11.3 Å². The Morgan fingerprint density at radius 1 is 1.23 bits per heavy atom. The predicted octanol–water partition coefficient (Wildman–Crippen LogP) is 1.98. The lowest BCUT2D eigenvalue weighted by Crippen LogP contribution is -2.23. The Kier molecular flexibility index (Phi) is 5.08. The van der Waals surface area contributed by atoms with E-state index in [1.165, 1.54) is 19.2 Å². The molecule has 0 saturated heterocycles. The molecule has 0 aliphatic heterocycles. The first kappa shape index (κ1) is 15.5. The molecule has 1 aromatic carbocycles. The fraction of sp³-hybridized carbons (Fsp3) is 0.188. The van der Waals surface area contributed by atoms with Crippen LogP contribution >= 0.6 is 0 Å². The van der Waals surface area contributed by atoms with E-state index < -0.39 is 0 Å². The number of nitrogens with one attached hydrogen (secondary N) is 2. The van der Waals surface area contributed by atoms with Crippen molar-refractivity contribution in [3.63, 3.8) is 0 Å². The highest BCUT2D eigenvalue weighted by molar-refractivity contribution is 5.96. The molecule has 114 valence electrons. The first-order chi connectivity index (χ1) is 10.6. The number of carbonyl (C=O) groups is 2. The standard InChI is InChI=1S/C16H17N3O3/c1-11(20)19-15-9-12(7-8-17-15)16(21)18-10-13-5-3-4-6-14(13)22-2/h3-9H,10H2,1-2H3,(H,18,21)(H,17,19,20). The molecule has 0 aliphatic rings. The summed E-state index contributed by atoms with van der Waals surface area (Å²) in [5.74, 6) is 0.577. The third kappa shape index (κ3) is 4.05. The van der Waals surface area contributed by atoms with Crippen molar-refractivity contribution in [2.24, 2.45) is 0 Å². The average molecular weight is 299 g/mol. The van der Waals surface area contributed by atoms with Crippen LogP contribution in [0.1, 0.15) is 22.8 Å². The van der Waals surface area contributed by atoms with Crippen molar-refractivity contribution in [3.8, 4) is 5.75 Å². The van der Waals surface area contributed by atoms with Gasteiger partial charge >= 0.3 is 0 Å². The Morgan fingerprint density at radius 3 is 2.73 bits per heavy atom. The quantitative estimate of drug-likeness (QED) is 0.884. The van der Waals surface area contributed by atoms with Gasteiger partial charge in [-0.15, -0.1) is 0 Å². The van der Waals surface area contributed by atoms with Crippen LogP contribution in [0.25, 0.3) is 0 Å². The number of anilines is 1. The molecule has 22 heavy (non-hydrogen) atoms. The molecule has 0 fully saturated rings. The second-order valence-corrected chi connectivity index (χ2v) is 4.61. The predicted molar refractivity (Wildman–Crippen MR) is 82.7 cm³/mol. The summed E-state index contributed by atoms with van der Waals surface area (Å²) in [6, 6.07) is 10.6. The van der Waals surface area contributed by atoms with E-state index in [2.05, 4.69) is 15.6 Å². The zero-order valence-electron chi connectivity index (χ0n) is 12.4. The monoisotopic (exact) mass is 299 g/mol. The molecule has 0 atom stereocenters. The number of aromatic nitrogens is 1. The number of para-hydroxylation sites is 1. The lowest BCUT2D eigenvalue weighted by Gasteiger charge is -2.10. The molecule has 0 spiro atoms. The molecule has 2 N–H and O–H groups in total. The maximum Gasteiger partial charge on any atom is 0.251 e. The number of amides is 2. The minimum Gasteiger partial charge on any atom is -0.496 e. The fourth-order valence-electron chi connectivity index (χ4n) is 1.95. The first-order valence-electron chi connectivity index (χ1n) is 6.74. The van der Waals surface area contributed by atoms with Crippen LogP contribution in [0.5, 0.6) is 5.75 Å². The summed E-state index contributed by atoms with van der Waals surface area (Å²) in [6.07, 6.45) is 1.48. The maximum absolute atomic E-state index is 12.2. The number of pyridine rings is 1. The molecule has 6 heteroatoms. The minimum atomic E-state index is -0.250. The first-order valence-corrected chi connectivity index (χ1v) is 6.74. The lowest BCUT2D eigenvalue weighted by atomic mass is 10.2. The molecule has 2 amide bonds. The molecule has 0 aliphatic carbocycles. The van der Waals surface area contributed by atoms with Gasteiger partial charge in [-0.2, -0.15) is 0 Å². The van der Waals surface area contributed by atoms with E-state index >= 15 is 0 Å². The fourth-order valence-corrected chi connectivity index (χ4v) is 1.95. The summed E-state index contributed by atoms with van der Waals surface area (Å²) in [4.78, 5) is 27.1. The van der Waals surface area contributed by atoms with Crippen LogP contribution in [0.4, 0.5) is 5.82 Å². The van der Waals surface area contributed by atoms with Crippen molar-refractivity contribution in [1.82, 2.24) is 10.3 Å². The third-order valence-corrected chi connectivity index (χ3v) is 2.96. The molecule has 0 bridgehead atoms. The largest absolute Gasteiger partial charge is 0.496 e. The SMILES string of the molecule is COc1ccccc1CNC(=O)c1ccnc(NC(C)=O)c1. The molecular weight excluding hydrogens is 282 g/mol. The summed E-state index contributed by atoms with van der Waals surface area (Å²) in [5.41, 5.74) is 1.31. The summed E-state index contributed by atoms with van der Waals surface area (Å²) in [7, 11) is 1.59. The molecule has 0 saturated carbocycles. The van der Waals surface area contributed by atoms with Crippen LogP contribution in [0, 0.1) is 0 Å². The van der Waals surface area contributed by atoms with E-state index in [1.54, 1.807) is 13.2 Å². The van der Waals surface area contributed by atoms with Gasteiger partial charge in [0.2, 0.25) is 5.91 Å². The number of rotatable bonds is 5. The molecule has 2 aromatic rings. The average Bonchev–Trinajstić information content (AvgIpc) is 2.52. The second kappa shape index (κ2) is 7.21. The normalized spacial score (nSPS) is 9.91. The maximum atomic E-state index is 12.2. The highest BCUT2D eigenvalue weighted by Gasteiger charge is 2.09. The highest BCUT2D eigenvalue weighted by Crippen LogP contribution is 2.17. The van der Waals surface area contributed by atoms with E-state index in [-0.39, 0.29) is 11.8 Å². The Labute approximate surface area is 128 Å². The molecule has 1 heterocycles. The number of ether oxygens (including phenoxy) is 1. The van der Waals surface area contributed by atoms with Crippen molar-refractivity contribution in [2.45, 2.75) is 13.5 Å². The summed E-state index contributed by atoms with van der Waals surface area (Å²) >= 11 is 0. The topological polar surface area (TPSA) is 80.3 Å². The third-order valence-electron chi connectivity index (χ3n) is 2.96. The van der Waals surface area contributed by atoms with Crippen LogP contribution in [0.3, 0.4) is 0 Å². The van der Waals surface area contributed by atoms with Gasteiger partial charge in [0.05, 0.1) is 7.11 Å². The number of nitrogens with zero attached hydrogens (tertiary/aromatic N) is 1. The molecule has 1 aromatic heterocycles. The van der Waals surface area contributed by atoms with Gasteiger partial charge in [-0.25, -0.2) is 4.98 Å². The number of benzene rings is 1. The van der Waals surface area contributed by atoms with Gasteiger partial charge in [0.25, 0.3) is 5.91 Å². The van der Waals surface area contributed by atoms with Crippen molar-refractivity contribution in [1.29, 1.82) is 0 Å². The Hall–Kier alpha value is -2.89. The highest BCUT2D eigenvalue weighted by atomic mass is 16.5. The van der Waals surface area contributed by atoms with E-state index in [9.17, 15) is 9.59 Å². The van der Waals surface area contributed by atoms with Crippen LogP contribution in [-0.4, -0.2) is 23.9 Å². The van der Waals surface area contributed by atoms with Gasteiger partial charge < -0.3 is 15.4 Å². The zero-order chi connectivity index (χ0) is 15.9. The number of carbonyl (C=O) groups excluding carboxylic acids is 2.